The summed E-state index contributed by atoms with van der Waals surface area (Å²) in [4.78, 5) is 0. The number of methoxy groups -OCH3 is 2. The van der Waals surface area contributed by atoms with Crippen LogP contribution in [0, 0.1) is 0 Å². The average molecular weight is 351 g/mol. The van der Waals surface area contributed by atoms with Gasteiger partial charge in [0.2, 0.25) is 0 Å². The van der Waals surface area contributed by atoms with Crippen LogP contribution in [0.3, 0.4) is 0 Å². The Balaban J connectivity index is 0. The fourth-order valence-electron chi connectivity index (χ4n) is 2.36. The summed E-state index contributed by atoms with van der Waals surface area (Å²) < 4.78 is 10.1. The molecule has 6 heteroatoms. The molecule has 0 fully saturated rings. The average Bonchev–Trinajstić information content (AvgIpc) is 2.37. The van der Waals surface area contributed by atoms with Crippen molar-refractivity contribution in [2.24, 2.45) is 0 Å². The van der Waals surface area contributed by atoms with Crippen LogP contribution in [0.4, 0.5) is 0 Å². The molecule has 0 unspecified atom stereocenters. The van der Waals surface area contributed by atoms with E-state index in [0.717, 1.165) is 0 Å². The molecule has 0 saturated carbocycles. The largest absolute Gasteiger partial charge is 0.396 e. The lowest BCUT2D eigenvalue weighted by Gasteiger charge is -2.27. The molecular weight excluding hydrogens is 308 g/mol. The predicted molar refractivity (Wildman–Crippen MR) is 101 cm³/mol. The topological polar surface area (TPSA) is 83.0 Å². The monoisotopic (exact) mass is 350 g/mol. The van der Waals surface area contributed by atoms with E-state index in [2.05, 4.69) is 52.2 Å². The molecule has 0 saturated heterocycles. The molecule has 0 atom stereocenters. The zero-order chi connectivity index (χ0) is 19.2. The van der Waals surface area contributed by atoms with Gasteiger partial charge >= 0.3 is 0 Å². The van der Waals surface area contributed by atoms with Crippen molar-refractivity contribution >= 4 is 0 Å². The minimum Gasteiger partial charge on any atom is -0.396 e. The van der Waals surface area contributed by atoms with E-state index in [1.807, 2.05) is 0 Å². The Morgan fingerprint density at radius 1 is 0.708 bits per heavy atom. The Morgan fingerprint density at radius 2 is 1.04 bits per heavy atom. The van der Waals surface area contributed by atoms with Gasteiger partial charge in [-0.05, 0) is 54.4 Å². The molecule has 24 heavy (non-hydrogen) atoms. The minimum atomic E-state index is 0.0506. The number of hydrogen-bond donors (Lipinski definition) is 4. The van der Waals surface area contributed by atoms with E-state index >= 15 is 0 Å². The zero-order valence-electron chi connectivity index (χ0n) is 17.1. The number of aliphatic hydroxyl groups is 2. The van der Waals surface area contributed by atoms with Gasteiger partial charge in [0.1, 0.15) is 0 Å². The molecule has 0 aromatic carbocycles. The summed E-state index contributed by atoms with van der Waals surface area (Å²) in [5.41, 5.74) is 0.163. The highest BCUT2D eigenvalue weighted by Crippen LogP contribution is 2.06. The Hall–Kier alpha value is -0.240. The maximum Gasteiger partial charge on any atom is 0.0638 e. The van der Waals surface area contributed by atoms with Gasteiger partial charge in [0.15, 0.2) is 0 Å². The summed E-state index contributed by atoms with van der Waals surface area (Å²) in [5, 5.41) is 24.2. The Morgan fingerprint density at radius 3 is 1.29 bits per heavy atom. The molecule has 0 spiro atoms. The molecule has 148 valence electrons. The fourth-order valence-corrected chi connectivity index (χ4v) is 2.36. The van der Waals surface area contributed by atoms with Crippen molar-refractivity contribution in [3.8, 4) is 0 Å². The molecule has 0 heterocycles. The van der Waals surface area contributed by atoms with E-state index in [9.17, 15) is 0 Å². The molecule has 0 aromatic rings. The Labute approximate surface area is 149 Å². The maximum atomic E-state index is 8.74. The van der Waals surface area contributed by atoms with Crippen LogP contribution < -0.4 is 10.6 Å². The van der Waals surface area contributed by atoms with Gasteiger partial charge < -0.3 is 30.3 Å². The van der Waals surface area contributed by atoms with Crippen molar-refractivity contribution in [2.75, 3.05) is 40.6 Å². The van der Waals surface area contributed by atoms with Crippen LogP contribution in [0.5, 0.6) is 0 Å². The van der Waals surface area contributed by atoms with E-state index in [1.165, 1.54) is 0 Å². The first-order chi connectivity index (χ1) is 11.0. The number of nitrogens with one attached hydrogen (secondary N) is 2. The molecule has 0 aromatic heterocycles. The van der Waals surface area contributed by atoms with Gasteiger partial charge in [0, 0.05) is 44.6 Å². The molecule has 0 bridgehead atoms. The van der Waals surface area contributed by atoms with E-state index in [0.29, 0.717) is 26.1 Å². The first-order valence-corrected chi connectivity index (χ1v) is 8.74. The van der Waals surface area contributed by atoms with Crippen LogP contribution in [0.1, 0.15) is 54.4 Å². The van der Waals surface area contributed by atoms with Crippen LogP contribution in [0.2, 0.25) is 0 Å². The first-order valence-electron chi connectivity index (χ1n) is 8.74. The van der Waals surface area contributed by atoms with Gasteiger partial charge in [-0.2, -0.15) is 0 Å². The van der Waals surface area contributed by atoms with E-state index in [4.69, 9.17) is 19.7 Å². The normalized spacial score (nSPS) is 12.5. The second-order valence-corrected chi connectivity index (χ2v) is 8.12. The smallest absolute Gasteiger partial charge is 0.0638 e. The van der Waals surface area contributed by atoms with Crippen molar-refractivity contribution in [1.29, 1.82) is 0 Å². The summed E-state index contributed by atoms with van der Waals surface area (Å²) >= 11 is 0. The summed E-state index contributed by atoms with van der Waals surface area (Å²) in [6.45, 7) is 14.3. The molecule has 0 aliphatic rings. The van der Waals surface area contributed by atoms with Crippen molar-refractivity contribution in [3.63, 3.8) is 0 Å². The molecule has 6 nitrogen and oxygen atoms in total. The molecule has 0 aliphatic heterocycles. The maximum absolute atomic E-state index is 8.74. The Bertz CT molecular complexity index is 235. The van der Waals surface area contributed by atoms with E-state index < -0.39 is 0 Å². The van der Waals surface area contributed by atoms with Crippen LogP contribution in [0.15, 0.2) is 0 Å². The number of ether oxygens (including phenoxy) is 2. The lowest BCUT2D eigenvalue weighted by atomic mass is 10.0. The third kappa shape index (κ3) is 19.8. The minimum absolute atomic E-state index is 0.0506. The SMILES string of the molecule is CC(C)(C)NC(CCO)CCO.COCC(COC)NC(C)(C)C. The standard InChI is InChI=1S/2C9H21NO2/c1-9(2,3)10-8(6-11-4)7-12-5;1-9(2,3)10-8(4-6-11)5-7-12/h8,10H,6-7H2,1-5H3;8,10-12H,4-7H2,1-3H3. The number of hydrogen-bond acceptors (Lipinski definition) is 6. The summed E-state index contributed by atoms with van der Waals surface area (Å²) in [6, 6.07) is 0.500. The van der Waals surface area contributed by atoms with Gasteiger partial charge in [-0.15, -0.1) is 0 Å². The quantitative estimate of drug-likeness (QED) is 0.478. The number of rotatable bonds is 10. The lowest BCUT2D eigenvalue weighted by molar-refractivity contribution is 0.0911. The van der Waals surface area contributed by atoms with E-state index in [1.54, 1.807) is 14.2 Å². The molecule has 0 amide bonds. The first kappa shape index (κ1) is 26.0. The highest BCUT2D eigenvalue weighted by Gasteiger charge is 2.17. The Kier molecular flexibility index (Phi) is 15.1. The predicted octanol–water partition coefficient (Wildman–Crippen LogP) is 1.54. The van der Waals surface area contributed by atoms with Gasteiger partial charge in [-0.3, -0.25) is 0 Å². The summed E-state index contributed by atoms with van der Waals surface area (Å²) in [5.74, 6) is 0. The molecule has 0 rings (SSSR count). The summed E-state index contributed by atoms with van der Waals surface area (Å²) in [7, 11) is 3.40. The third-order valence-corrected chi connectivity index (χ3v) is 2.97. The van der Waals surface area contributed by atoms with Crippen LogP contribution in [0.25, 0.3) is 0 Å². The van der Waals surface area contributed by atoms with Crippen LogP contribution >= 0.6 is 0 Å². The molecule has 4 N–H and O–H groups in total. The zero-order valence-corrected chi connectivity index (χ0v) is 17.1. The van der Waals surface area contributed by atoms with Gasteiger partial charge in [0.05, 0.1) is 19.3 Å². The van der Waals surface area contributed by atoms with Gasteiger partial charge in [-0.25, -0.2) is 0 Å². The van der Waals surface area contributed by atoms with Gasteiger partial charge in [0.25, 0.3) is 0 Å². The molecular formula is C18H42N2O4. The second-order valence-electron chi connectivity index (χ2n) is 8.12. The molecule has 0 aliphatic carbocycles. The highest BCUT2D eigenvalue weighted by molar-refractivity contribution is 4.78. The summed E-state index contributed by atoms with van der Waals surface area (Å²) in [6.07, 6.45) is 1.41. The van der Waals surface area contributed by atoms with Crippen molar-refractivity contribution < 1.29 is 19.7 Å². The van der Waals surface area contributed by atoms with Crippen molar-refractivity contribution in [2.45, 2.75) is 77.5 Å². The second kappa shape index (κ2) is 14.0. The van der Waals surface area contributed by atoms with Crippen LogP contribution in [-0.2, 0) is 9.47 Å². The van der Waals surface area contributed by atoms with Crippen LogP contribution in [-0.4, -0.2) is 74.0 Å². The van der Waals surface area contributed by atoms with Crippen molar-refractivity contribution in [1.82, 2.24) is 10.6 Å². The molecule has 0 radical (unpaired) electrons. The van der Waals surface area contributed by atoms with Crippen molar-refractivity contribution in [3.05, 3.63) is 0 Å². The number of aliphatic hydroxyl groups excluding tert-OH is 2. The fraction of sp³-hybridized carbons (Fsp3) is 1.00. The lowest BCUT2D eigenvalue weighted by Crippen LogP contribution is -2.47. The van der Waals surface area contributed by atoms with Gasteiger partial charge in [-0.1, -0.05) is 0 Å². The highest BCUT2D eigenvalue weighted by atomic mass is 16.5. The van der Waals surface area contributed by atoms with E-state index in [-0.39, 0.29) is 36.4 Å². The third-order valence-electron chi connectivity index (χ3n) is 2.97.